The average Bonchev–Trinajstić information content (AvgIpc) is 2.81. The second-order valence-corrected chi connectivity index (χ2v) is 9.08. The van der Waals surface area contributed by atoms with Crippen molar-refractivity contribution in [2.75, 3.05) is 12.4 Å². The Hall–Kier alpha value is -3.08. The first-order valence-electron chi connectivity index (χ1n) is 10.1. The van der Waals surface area contributed by atoms with E-state index in [1.807, 2.05) is 62.4 Å². The van der Waals surface area contributed by atoms with Crippen molar-refractivity contribution in [2.45, 2.75) is 20.5 Å². The number of rotatable bonds is 7. The van der Waals surface area contributed by atoms with Gasteiger partial charge in [-0.25, -0.2) is 0 Å². The van der Waals surface area contributed by atoms with E-state index >= 15 is 0 Å². The number of anilines is 1. The number of methoxy groups -OCH3 is 1. The molecule has 1 amide bonds. The molecular weight excluding hydrogens is 548 g/mol. The SMILES string of the molecule is COc1cc(/C=C(\C#N)C(=O)Nc2cccc(C)c2C)c(Br)cc1OCc1ccc(Br)cc1. The van der Waals surface area contributed by atoms with Crippen LogP contribution in [0.15, 0.2) is 69.1 Å². The predicted molar refractivity (Wildman–Crippen MR) is 137 cm³/mol. The number of hydrogen-bond donors (Lipinski definition) is 1. The minimum Gasteiger partial charge on any atom is -0.493 e. The molecule has 1 N–H and O–H groups in total. The average molecular weight is 570 g/mol. The van der Waals surface area contributed by atoms with E-state index < -0.39 is 5.91 Å². The molecule has 0 aromatic heterocycles. The Morgan fingerprint density at radius 1 is 1.09 bits per heavy atom. The van der Waals surface area contributed by atoms with Crippen molar-refractivity contribution in [1.29, 1.82) is 5.26 Å². The van der Waals surface area contributed by atoms with E-state index in [0.29, 0.717) is 33.8 Å². The van der Waals surface area contributed by atoms with Gasteiger partial charge >= 0.3 is 0 Å². The highest BCUT2D eigenvalue weighted by molar-refractivity contribution is 9.10. The number of amides is 1. The lowest BCUT2D eigenvalue weighted by atomic mass is 10.1. The molecule has 7 heteroatoms. The minimum absolute atomic E-state index is 0.0257. The van der Waals surface area contributed by atoms with Gasteiger partial charge in [-0.3, -0.25) is 4.79 Å². The van der Waals surface area contributed by atoms with Crippen LogP contribution in [0.25, 0.3) is 6.08 Å². The molecule has 0 heterocycles. The van der Waals surface area contributed by atoms with E-state index in [0.717, 1.165) is 21.2 Å². The van der Waals surface area contributed by atoms with Gasteiger partial charge in [0.25, 0.3) is 5.91 Å². The highest BCUT2D eigenvalue weighted by Gasteiger charge is 2.15. The number of carbonyl (C=O) groups excluding carboxylic acids is 1. The summed E-state index contributed by atoms with van der Waals surface area (Å²) in [5, 5.41) is 12.4. The number of benzene rings is 3. The predicted octanol–water partition coefficient (Wildman–Crippen LogP) is 6.96. The van der Waals surface area contributed by atoms with Gasteiger partial charge in [-0.05, 0) is 72.5 Å². The van der Waals surface area contributed by atoms with Crippen molar-refractivity contribution in [2.24, 2.45) is 0 Å². The molecule has 0 radical (unpaired) electrons. The maximum atomic E-state index is 12.8. The van der Waals surface area contributed by atoms with Crippen molar-refractivity contribution >= 4 is 49.5 Å². The fourth-order valence-corrected chi connectivity index (χ4v) is 3.76. The monoisotopic (exact) mass is 568 g/mol. The maximum Gasteiger partial charge on any atom is 0.266 e. The molecule has 0 aliphatic carbocycles. The summed E-state index contributed by atoms with van der Waals surface area (Å²) < 4.78 is 13.1. The number of halogens is 2. The van der Waals surface area contributed by atoms with Crippen LogP contribution in [0, 0.1) is 25.2 Å². The fraction of sp³-hybridized carbons (Fsp3) is 0.154. The summed E-state index contributed by atoms with van der Waals surface area (Å²) in [4.78, 5) is 12.8. The van der Waals surface area contributed by atoms with Crippen LogP contribution in [0.4, 0.5) is 5.69 Å². The molecular formula is C26H22Br2N2O3. The zero-order valence-corrected chi connectivity index (χ0v) is 21.6. The number of aryl methyl sites for hydroxylation is 1. The van der Waals surface area contributed by atoms with Crippen LogP contribution in [0.5, 0.6) is 11.5 Å². The number of hydrogen-bond acceptors (Lipinski definition) is 4. The van der Waals surface area contributed by atoms with E-state index in [1.165, 1.54) is 6.08 Å². The number of carbonyl (C=O) groups is 1. The Morgan fingerprint density at radius 3 is 2.48 bits per heavy atom. The van der Waals surface area contributed by atoms with Gasteiger partial charge in [0, 0.05) is 14.6 Å². The van der Waals surface area contributed by atoms with Crippen LogP contribution in [0.3, 0.4) is 0 Å². The molecule has 0 bridgehead atoms. The number of ether oxygens (including phenoxy) is 2. The van der Waals surface area contributed by atoms with Crippen LogP contribution in [0.1, 0.15) is 22.3 Å². The van der Waals surface area contributed by atoms with Gasteiger partial charge in [-0.1, -0.05) is 56.1 Å². The third-order valence-corrected chi connectivity index (χ3v) is 6.32. The van der Waals surface area contributed by atoms with Crippen LogP contribution in [0.2, 0.25) is 0 Å². The van der Waals surface area contributed by atoms with E-state index in [2.05, 4.69) is 37.2 Å². The van der Waals surface area contributed by atoms with Crippen LogP contribution >= 0.6 is 31.9 Å². The maximum absolute atomic E-state index is 12.8. The van der Waals surface area contributed by atoms with Gasteiger partial charge in [0.1, 0.15) is 18.2 Å². The van der Waals surface area contributed by atoms with Crippen molar-refractivity contribution < 1.29 is 14.3 Å². The molecule has 168 valence electrons. The Labute approximate surface area is 210 Å². The van der Waals surface area contributed by atoms with Crippen molar-refractivity contribution in [3.63, 3.8) is 0 Å². The van der Waals surface area contributed by atoms with Crippen LogP contribution < -0.4 is 14.8 Å². The Kier molecular flexibility index (Phi) is 8.32. The Balaban J connectivity index is 1.83. The second kappa shape index (κ2) is 11.2. The molecule has 3 aromatic carbocycles. The first-order chi connectivity index (χ1) is 15.8. The van der Waals surface area contributed by atoms with Gasteiger partial charge in [-0.15, -0.1) is 0 Å². The van der Waals surface area contributed by atoms with E-state index in [1.54, 1.807) is 19.2 Å². The largest absolute Gasteiger partial charge is 0.493 e. The van der Waals surface area contributed by atoms with Crippen LogP contribution in [-0.4, -0.2) is 13.0 Å². The first kappa shape index (κ1) is 24.6. The van der Waals surface area contributed by atoms with E-state index in [-0.39, 0.29) is 5.57 Å². The number of nitrogens with one attached hydrogen (secondary N) is 1. The highest BCUT2D eigenvalue weighted by Crippen LogP contribution is 2.35. The zero-order valence-electron chi connectivity index (χ0n) is 18.4. The van der Waals surface area contributed by atoms with Crippen molar-refractivity contribution in [3.8, 4) is 17.6 Å². The fourth-order valence-electron chi connectivity index (χ4n) is 3.06. The molecule has 0 atom stereocenters. The normalized spacial score (nSPS) is 11.0. The second-order valence-electron chi connectivity index (χ2n) is 7.31. The highest BCUT2D eigenvalue weighted by atomic mass is 79.9. The molecule has 0 saturated carbocycles. The van der Waals surface area contributed by atoms with Crippen molar-refractivity contribution in [1.82, 2.24) is 0 Å². The summed E-state index contributed by atoms with van der Waals surface area (Å²) in [6, 6.07) is 19.0. The lowest BCUT2D eigenvalue weighted by molar-refractivity contribution is -0.112. The molecule has 0 fully saturated rings. The molecule has 3 aromatic rings. The van der Waals surface area contributed by atoms with Gasteiger partial charge in [-0.2, -0.15) is 5.26 Å². The van der Waals surface area contributed by atoms with Crippen molar-refractivity contribution in [3.05, 3.63) is 91.4 Å². The van der Waals surface area contributed by atoms with E-state index in [4.69, 9.17) is 9.47 Å². The zero-order chi connectivity index (χ0) is 24.0. The summed E-state index contributed by atoms with van der Waals surface area (Å²) in [6.45, 7) is 4.26. The standard InChI is InChI=1S/C26H22Br2N2O3/c1-16-5-4-6-23(17(16)2)30-26(31)20(14-29)11-19-12-24(32-3)25(13-22(19)28)33-15-18-7-9-21(27)10-8-18/h4-13H,15H2,1-3H3,(H,30,31)/b20-11+. The first-order valence-corrected chi connectivity index (χ1v) is 11.6. The molecule has 33 heavy (non-hydrogen) atoms. The van der Waals surface area contributed by atoms with Gasteiger partial charge in [0.05, 0.1) is 7.11 Å². The summed E-state index contributed by atoms with van der Waals surface area (Å²) in [6.07, 6.45) is 1.52. The molecule has 0 saturated heterocycles. The smallest absolute Gasteiger partial charge is 0.266 e. The molecule has 0 aliphatic heterocycles. The molecule has 0 spiro atoms. The minimum atomic E-state index is -0.479. The molecule has 0 aliphatic rings. The molecule has 0 unspecified atom stereocenters. The van der Waals surface area contributed by atoms with E-state index in [9.17, 15) is 10.1 Å². The summed E-state index contributed by atoms with van der Waals surface area (Å²) >= 11 is 6.93. The van der Waals surface area contributed by atoms with Crippen LogP contribution in [-0.2, 0) is 11.4 Å². The summed E-state index contributed by atoms with van der Waals surface area (Å²) in [5.74, 6) is 0.559. The Morgan fingerprint density at radius 2 is 1.82 bits per heavy atom. The van der Waals surface area contributed by atoms with Gasteiger partial charge < -0.3 is 14.8 Å². The number of nitriles is 1. The molecule has 5 nitrogen and oxygen atoms in total. The lowest BCUT2D eigenvalue weighted by Crippen LogP contribution is -2.14. The topological polar surface area (TPSA) is 71.3 Å². The summed E-state index contributed by atoms with van der Waals surface area (Å²) in [5.41, 5.74) is 4.29. The quantitative estimate of drug-likeness (QED) is 0.246. The van der Waals surface area contributed by atoms with Gasteiger partial charge in [0.2, 0.25) is 0 Å². The number of nitrogens with zero attached hydrogens (tertiary/aromatic N) is 1. The lowest BCUT2D eigenvalue weighted by Gasteiger charge is -2.13. The third-order valence-electron chi connectivity index (χ3n) is 5.11. The third kappa shape index (κ3) is 6.25. The summed E-state index contributed by atoms with van der Waals surface area (Å²) in [7, 11) is 1.54. The Bertz CT molecular complexity index is 1250. The van der Waals surface area contributed by atoms with Gasteiger partial charge in [0.15, 0.2) is 11.5 Å². The molecule has 3 rings (SSSR count).